The van der Waals surface area contributed by atoms with E-state index in [4.69, 9.17) is 0 Å². The van der Waals surface area contributed by atoms with Gasteiger partial charge in [-0.2, -0.15) is 0 Å². The molecule has 2 N–H and O–H groups in total. The van der Waals surface area contributed by atoms with Gasteiger partial charge in [0.05, 0.1) is 0 Å². The Kier molecular flexibility index (Phi) is 6.01. The summed E-state index contributed by atoms with van der Waals surface area (Å²) in [4.78, 5) is 39.0. The number of nitrogens with zero attached hydrogens (tertiary/aromatic N) is 2. The van der Waals surface area contributed by atoms with Crippen molar-refractivity contribution < 1.29 is 14.4 Å². The Morgan fingerprint density at radius 3 is 2.41 bits per heavy atom. The lowest BCUT2D eigenvalue weighted by Gasteiger charge is -2.24. The standard InChI is InChI=1S/C18H18Br2N4O3/c1-23-10-13(20)9-15(23)17(26)22-21-16(25)14-3-2-8-24(14)18(27)11-4-6-12(19)7-5-11/h4-7,9-10,14H,2-3,8H2,1H3,(H,21,25)(H,22,26). The highest BCUT2D eigenvalue weighted by molar-refractivity contribution is 9.10. The summed E-state index contributed by atoms with van der Waals surface area (Å²) in [5, 5.41) is 0. The molecule has 1 atom stereocenters. The molecule has 0 saturated carbocycles. The number of carbonyl (C=O) groups is 3. The van der Waals surface area contributed by atoms with Gasteiger partial charge in [-0.15, -0.1) is 0 Å². The second-order valence-corrected chi connectivity index (χ2v) is 8.09. The van der Waals surface area contributed by atoms with E-state index in [9.17, 15) is 14.4 Å². The maximum Gasteiger partial charge on any atom is 0.286 e. The van der Waals surface area contributed by atoms with Crippen molar-refractivity contribution in [1.29, 1.82) is 0 Å². The van der Waals surface area contributed by atoms with Gasteiger partial charge in [0.1, 0.15) is 11.7 Å². The Hall–Kier alpha value is -2.13. The first-order valence-electron chi connectivity index (χ1n) is 8.35. The van der Waals surface area contributed by atoms with E-state index in [-0.39, 0.29) is 5.91 Å². The van der Waals surface area contributed by atoms with Crippen LogP contribution in [-0.4, -0.2) is 39.8 Å². The lowest BCUT2D eigenvalue weighted by molar-refractivity contribution is -0.125. The van der Waals surface area contributed by atoms with E-state index in [1.54, 1.807) is 53.0 Å². The Morgan fingerprint density at radius 2 is 1.78 bits per heavy atom. The van der Waals surface area contributed by atoms with Crippen LogP contribution in [0.1, 0.15) is 33.7 Å². The highest BCUT2D eigenvalue weighted by Crippen LogP contribution is 2.21. The van der Waals surface area contributed by atoms with Gasteiger partial charge in [0.25, 0.3) is 17.7 Å². The van der Waals surface area contributed by atoms with Crippen molar-refractivity contribution in [2.75, 3.05) is 6.54 Å². The van der Waals surface area contributed by atoms with Crippen molar-refractivity contribution in [3.8, 4) is 0 Å². The number of hydrogen-bond acceptors (Lipinski definition) is 3. The predicted molar refractivity (Wildman–Crippen MR) is 107 cm³/mol. The summed E-state index contributed by atoms with van der Waals surface area (Å²) < 4.78 is 3.29. The van der Waals surface area contributed by atoms with Gasteiger partial charge < -0.3 is 9.47 Å². The molecule has 0 radical (unpaired) electrons. The second-order valence-electron chi connectivity index (χ2n) is 6.26. The molecule has 2 heterocycles. The molecule has 2 aromatic rings. The van der Waals surface area contributed by atoms with Gasteiger partial charge in [-0.05, 0) is 59.1 Å². The average molecular weight is 498 g/mol. The zero-order valence-corrected chi connectivity index (χ0v) is 17.7. The fourth-order valence-electron chi connectivity index (χ4n) is 3.06. The zero-order valence-electron chi connectivity index (χ0n) is 14.5. The molecule has 0 bridgehead atoms. The Bertz CT molecular complexity index is 879. The number of benzene rings is 1. The summed E-state index contributed by atoms with van der Waals surface area (Å²) in [7, 11) is 1.73. The number of amides is 3. The van der Waals surface area contributed by atoms with Crippen molar-refractivity contribution >= 4 is 49.6 Å². The first-order valence-corrected chi connectivity index (χ1v) is 9.94. The van der Waals surface area contributed by atoms with Gasteiger partial charge in [0.2, 0.25) is 0 Å². The van der Waals surface area contributed by atoms with Gasteiger partial charge in [-0.1, -0.05) is 15.9 Å². The third kappa shape index (κ3) is 4.41. The van der Waals surface area contributed by atoms with Crippen LogP contribution in [0.3, 0.4) is 0 Å². The molecule has 1 unspecified atom stereocenters. The number of nitrogens with one attached hydrogen (secondary N) is 2. The first-order chi connectivity index (χ1) is 12.9. The molecule has 1 aliphatic heterocycles. The molecule has 1 saturated heterocycles. The number of aromatic nitrogens is 1. The number of likely N-dealkylation sites (tertiary alicyclic amines) is 1. The van der Waals surface area contributed by atoms with Gasteiger partial charge >= 0.3 is 0 Å². The van der Waals surface area contributed by atoms with Gasteiger partial charge in [0, 0.05) is 34.3 Å². The number of hydrogen-bond donors (Lipinski definition) is 2. The highest BCUT2D eigenvalue weighted by Gasteiger charge is 2.34. The van der Waals surface area contributed by atoms with Crippen LogP contribution >= 0.6 is 31.9 Å². The van der Waals surface area contributed by atoms with E-state index >= 15 is 0 Å². The van der Waals surface area contributed by atoms with Crippen molar-refractivity contribution in [2.45, 2.75) is 18.9 Å². The molecule has 7 nitrogen and oxygen atoms in total. The van der Waals surface area contributed by atoms with E-state index < -0.39 is 17.9 Å². The van der Waals surface area contributed by atoms with Crippen LogP contribution in [0, 0.1) is 0 Å². The van der Waals surface area contributed by atoms with E-state index in [0.29, 0.717) is 24.2 Å². The monoisotopic (exact) mass is 496 g/mol. The summed E-state index contributed by atoms with van der Waals surface area (Å²) in [5.41, 5.74) is 5.77. The third-order valence-electron chi connectivity index (χ3n) is 4.41. The molecule has 0 spiro atoms. The predicted octanol–water partition coefficient (Wildman–Crippen LogP) is 2.62. The van der Waals surface area contributed by atoms with Crippen molar-refractivity contribution in [1.82, 2.24) is 20.3 Å². The number of aryl methyl sites for hydroxylation is 1. The van der Waals surface area contributed by atoms with E-state index in [1.165, 1.54) is 0 Å². The fourth-order valence-corrected chi connectivity index (χ4v) is 3.84. The summed E-state index contributed by atoms with van der Waals surface area (Å²) >= 11 is 6.64. The molecular weight excluding hydrogens is 480 g/mol. The summed E-state index contributed by atoms with van der Waals surface area (Å²) in [6.45, 7) is 0.506. The Labute approximate surface area is 173 Å². The molecule has 1 fully saturated rings. The van der Waals surface area contributed by atoms with Crippen LogP contribution < -0.4 is 10.9 Å². The molecule has 1 aromatic carbocycles. The van der Waals surface area contributed by atoms with E-state index in [2.05, 4.69) is 42.7 Å². The Balaban J connectivity index is 1.63. The lowest BCUT2D eigenvalue weighted by Crippen LogP contribution is -2.51. The van der Waals surface area contributed by atoms with Crippen LogP contribution in [0.5, 0.6) is 0 Å². The van der Waals surface area contributed by atoms with E-state index in [1.807, 2.05) is 0 Å². The SMILES string of the molecule is Cn1cc(Br)cc1C(=O)NNC(=O)C1CCCN1C(=O)c1ccc(Br)cc1. The maximum absolute atomic E-state index is 12.7. The molecule has 1 aliphatic rings. The van der Waals surface area contributed by atoms with Crippen LogP contribution in [-0.2, 0) is 11.8 Å². The van der Waals surface area contributed by atoms with Crippen molar-refractivity contribution in [2.24, 2.45) is 7.05 Å². The molecular formula is C18H18Br2N4O3. The maximum atomic E-state index is 12.7. The molecule has 0 aliphatic carbocycles. The summed E-state index contributed by atoms with van der Waals surface area (Å²) in [5.74, 6) is -1.03. The minimum Gasteiger partial charge on any atom is -0.345 e. The van der Waals surface area contributed by atoms with Gasteiger partial charge in [-0.3, -0.25) is 25.2 Å². The summed E-state index contributed by atoms with van der Waals surface area (Å²) in [6, 6.07) is 8.05. The fraction of sp³-hybridized carbons (Fsp3) is 0.278. The number of rotatable bonds is 3. The second kappa shape index (κ2) is 8.26. The van der Waals surface area contributed by atoms with Crippen molar-refractivity contribution in [3.05, 3.63) is 56.7 Å². The van der Waals surface area contributed by atoms with Gasteiger partial charge in [0.15, 0.2) is 0 Å². The number of carbonyl (C=O) groups excluding carboxylic acids is 3. The first kappa shape index (κ1) is 19.6. The van der Waals surface area contributed by atoms with Crippen LogP contribution in [0.4, 0.5) is 0 Å². The lowest BCUT2D eigenvalue weighted by atomic mass is 10.1. The number of hydrazine groups is 1. The molecule has 1 aromatic heterocycles. The van der Waals surface area contributed by atoms with Crippen LogP contribution in [0.25, 0.3) is 0 Å². The van der Waals surface area contributed by atoms with Crippen LogP contribution in [0.2, 0.25) is 0 Å². The minimum atomic E-state index is -0.610. The molecule has 27 heavy (non-hydrogen) atoms. The molecule has 142 valence electrons. The third-order valence-corrected chi connectivity index (χ3v) is 5.37. The van der Waals surface area contributed by atoms with E-state index in [0.717, 1.165) is 15.4 Å². The number of halogens is 2. The minimum absolute atomic E-state index is 0.196. The summed E-state index contributed by atoms with van der Waals surface area (Å²) in [6.07, 6.45) is 3.03. The quantitative estimate of drug-likeness (QED) is 0.639. The Morgan fingerprint density at radius 1 is 1.07 bits per heavy atom. The topological polar surface area (TPSA) is 83.4 Å². The highest BCUT2D eigenvalue weighted by atomic mass is 79.9. The van der Waals surface area contributed by atoms with Crippen molar-refractivity contribution in [3.63, 3.8) is 0 Å². The molecule has 3 amide bonds. The van der Waals surface area contributed by atoms with Crippen LogP contribution in [0.15, 0.2) is 45.5 Å². The molecule has 9 heteroatoms. The smallest absolute Gasteiger partial charge is 0.286 e. The largest absolute Gasteiger partial charge is 0.345 e. The zero-order chi connectivity index (χ0) is 19.6. The average Bonchev–Trinajstić information content (AvgIpc) is 3.25. The van der Waals surface area contributed by atoms with Gasteiger partial charge in [-0.25, -0.2) is 0 Å². The molecule has 3 rings (SSSR count). The normalized spacial score (nSPS) is 16.3.